The van der Waals surface area contributed by atoms with Crippen molar-refractivity contribution in [3.05, 3.63) is 35.4 Å². The summed E-state index contributed by atoms with van der Waals surface area (Å²) >= 11 is 1.78. The summed E-state index contributed by atoms with van der Waals surface area (Å²) < 4.78 is 0. The molecule has 2 saturated heterocycles. The van der Waals surface area contributed by atoms with E-state index >= 15 is 0 Å². The average Bonchev–Trinajstić information content (AvgIpc) is 3.43. The Balaban J connectivity index is 0.00000304. The first-order valence-electron chi connectivity index (χ1n) is 13.2. The number of nitrogens with one attached hydrogen (secondary N) is 3. The van der Waals surface area contributed by atoms with Gasteiger partial charge >= 0.3 is 0 Å². The molecule has 3 N–H and O–H groups in total. The van der Waals surface area contributed by atoms with Crippen molar-refractivity contribution < 1.29 is 14.4 Å². The fraction of sp³-hybridized carbons (Fsp3) is 0.667. The van der Waals surface area contributed by atoms with Crippen LogP contribution in [0.1, 0.15) is 75.5 Å². The summed E-state index contributed by atoms with van der Waals surface area (Å²) in [7, 11) is 1.74. The van der Waals surface area contributed by atoms with Gasteiger partial charge in [0.15, 0.2) is 0 Å². The van der Waals surface area contributed by atoms with Gasteiger partial charge in [-0.2, -0.15) is 0 Å². The second-order valence-corrected chi connectivity index (χ2v) is 12.0. The number of carbonyl (C=O) groups excluding carboxylic acids is 3. The highest BCUT2D eigenvalue weighted by atomic mass is 35.5. The van der Waals surface area contributed by atoms with E-state index in [1.54, 1.807) is 25.7 Å². The lowest BCUT2D eigenvalue weighted by Gasteiger charge is -2.37. The smallest absolute Gasteiger partial charge is 0.246 e. The number of fused-ring (bicyclic) bond motifs is 2. The van der Waals surface area contributed by atoms with Crippen LogP contribution in [0, 0.1) is 5.41 Å². The maximum atomic E-state index is 14.1. The number of hydrogen-bond acceptors (Lipinski definition) is 5. The fourth-order valence-corrected chi connectivity index (χ4v) is 8.21. The number of hydrogen-bond donors (Lipinski definition) is 3. The van der Waals surface area contributed by atoms with E-state index in [4.69, 9.17) is 0 Å². The molecule has 7 nitrogen and oxygen atoms in total. The molecule has 2 aliphatic heterocycles. The van der Waals surface area contributed by atoms with E-state index in [0.717, 1.165) is 57.1 Å². The lowest BCUT2D eigenvalue weighted by atomic mass is 9.77. The molecule has 3 amide bonds. The van der Waals surface area contributed by atoms with Crippen molar-refractivity contribution >= 4 is 41.9 Å². The van der Waals surface area contributed by atoms with Gasteiger partial charge in [0.05, 0.1) is 17.5 Å². The quantitative estimate of drug-likeness (QED) is 0.539. The number of nitrogens with zero attached hydrogens (tertiary/aromatic N) is 1. The van der Waals surface area contributed by atoms with Gasteiger partial charge in [0, 0.05) is 5.41 Å². The summed E-state index contributed by atoms with van der Waals surface area (Å²) in [5, 5.41) is 9.30. The molecule has 2 heterocycles. The molecule has 9 heteroatoms. The van der Waals surface area contributed by atoms with Crippen molar-refractivity contribution in [1.29, 1.82) is 0 Å². The summed E-state index contributed by atoms with van der Waals surface area (Å²) in [6.07, 6.45) is 8.68. The number of thioether (sulfide) groups is 1. The Morgan fingerprint density at radius 2 is 1.83 bits per heavy atom. The molecule has 1 aromatic carbocycles. The lowest BCUT2D eigenvalue weighted by Crippen LogP contribution is -2.58. The minimum Gasteiger partial charge on any atom is -0.347 e. The van der Waals surface area contributed by atoms with Gasteiger partial charge in [0.25, 0.3) is 0 Å². The van der Waals surface area contributed by atoms with Crippen LogP contribution in [0.5, 0.6) is 0 Å². The van der Waals surface area contributed by atoms with Crippen LogP contribution in [-0.2, 0) is 20.8 Å². The molecule has 2 aliphatic carbocycles. The fourth-order valence-electron chi connectivity index (χ4n) is 6.73. The van der Waals surface area contributed by atoms with Crippen LogP contribution in [0.4, 0.5) is 0 Å². The van der Waals surface area contributed by atoms with Gasteiger partial charge in [-0.3, -0.25) is 14.4 Å². The Kier molecular flexibility index (Phi) is 8.57. The van der Waals surface area contributed by atoms with Crippen molar-refractivity contribution in [2.45, 2.75) is 94.3 Å². The third-order valence-corrected chi connectivity index (χ3v) is 9.95. The number of carbonyl (C=O) groups is 3. The first kappa shape index (κ1) is 27.3. The molecule has 1 spiro atoms. The molecule has 4 aliphatic rings. The minimum absolute atomic E-state index is 0. The molecule has 5 rings (SSSR count). The van der Waals surface area contributed by atoms with E-state index in [1.165, 1.54) is 11.1 Å². The maximum Gasteiger partial charge on any atom is 0.246 e. The van der Waals surface area contributed by atoms with Gasteiger partial charge < -0.3 is 20.9 Å². The maximum absolute atomic E-state index is 14.1. The molecule has 0 radical (unpaired) electrons. The minimum atomic E-state index is -0.585. The number of aryl methyl sites for hydroxylation is 1. The predicted octanol–water partition coefficient (Wildman–Crippen LogP) is 3.32. The molecule has 1 saturated carbocycles. The predicted molar refractivity (Wildman–Crippen MR) is 145 cm³/mol. The summed E-state index contributed by atoms with van der Waals surface area (Å²) in [6, 6.07) is 6.96. The Labute approximate surface area is 224 Å². The van der Waals surface area contributed by atoms with Crippen molar-refractivity contribution in [2.24, 2.45) is 5.41 Å². The molecule has 0 aromatic heterocycles. The number of amides is 3. The van der Waals surface area contributed by atoms with E-state index in [9.17, 15) is 14.4 Å². The van der Waals surface area contributed by atoms with Gasteiger partial charge in [-0.15, -0.1) is 24.2 Å². The van der Waals surface area contributed by atoms with E-state index in [0.29, 0.717) is 6.42 Å². The molecular formula is C27H39ClN4O3S. The summed E-state index contributed by atoms with van der Waals surface area (Å²) in [5.41, 5.74) is 2.37. The highest BCUT2D eigenvalue weighted by Gasteiger charge is 2.59. The highest BCUT2D eigenvalue weighted by Crippen LogP contribution is 2.55. The second kappa shape index (κ2) is 11.3. The van der Waals surface area contributed by atoms with E-state index < -0.39 is 12.1 Å². The summed E-state index contributed by atoms with van der Waals surface area (Å²) in [4.78, 5) is 42.5. The normalized spacial score (nSPS) is 29.5. The van der Waals surface area contributed by atoms with Gasteiger partial charge in [0.2, 0.25) is 17.7 Å². The zero-order valence-electron chi connectivity index (χ0n) is 21.3. The van der Waals surface area contributed by atoms with Crippen LogP contribution < -0.4 is 16.0 Å². The van der Waals surface area contributed by atoms with Gasteiger partial charge in [-0.25, -0.2) is 0 Å². The number of halogens is 1. The Hall–Kier alpha value is -1.77. The van der Waals surface area contributed by atoms with Crippen molar-refractivity contribution in [3.8, 4) is 0 Å². The first-order chi connectivity index (χ1) is 16.9. The van der Waals surface area contributed by atoms with Gasteiger partial charge in [-0.05, 0) is 75.8 Å². The molecule has 0 bridgehead atoms. The molecule has 1 aromatic rings. The van der Waals surface area contributed by atoms with Gasteiger partial charge in [-0.1, -0.05) is 37.1 Å². The van der Waals surface area contributed by atoms with Crippen LogP contribution in [0.3, 0.4) is 0 Å². The van der Waals surface area contributed by atoms with Crippen LogP contribution >= 0.6 is 24.2 Å². The van der Waals surface area contributed by atoms with Crippen molar-refractivity contribution in [2.75, 3.05) is 12.8 Å². The van der Waals surface area contributed by atoms with Gasteiger partial charge in [0.1, 0.15) is 12.1 Å². The number of likely N-dealkylation sites (N-methyl/N-ethyl adjacent to an activating group) is 1. The molecule has 5 atom stereocenters. The zero-order valence-corrected chi connectivity index (χ0v) is 22.9. The average molecular weight is 535 g/mol. The number of benzene rings is 1. The van der Waals surface area contributed by atoms with E-state index in [-0.39, 0.29) is 53.0 Å². The topological polar surface area (TPSA) is 90.5 Å². The SMILES string of the molecule is CN[C@@H](C)C(=O)N[C@H]1CCS[C@H]2CC3(CCCC3)[C@@H](C(=O)N[C@@H]3CCCc4ccccc43)N2C1=O.Cl. The third-order valence-electron chi connectivity index (χ3n) is 8.70. The number of rotatable bonds is 5. The lowest BCUT2D eigenvalue weighted by molar-refractivity contribution is -0.144. The third kappa shape index (κ3) is 5.01. The van der Waals surface area contributed by atoms with Crippen LogP contribution in [-0.4, -0.2) is 58.9 Å². The van der Waals surface area contributed by atoms with E-state index in [2.05, 4.69) is 34.1 Å². The molecular weight excluding hydrogens is 496 g/mol. The summed E-state index contributed by atoms with van der Waals surface area (Å²) in [5.74, 6) is 0.515. The molecule has 198 valence electrons. The highest BCUT2D eigenvalue weighted by molar-refractivity contribution is 7.99. The Morgan fingerprint density at radius 3 is 2.58 bits per heavy atom. The Bertz CT molecular complexity index is 986. The molecule has 0 unspecified atom stereocenters. The second-order valence-electron chi connectivity index (χ2n) is 10.8. The molecule has 36 heavy (non-hydrogen) atoms. The van der Waals surface area contributed by atoms with Crippen molar-refractivity contribution in [3.63, 3.8) is 0 Å². The van der Waals surface area contributed by atoms with Crippen LogP contribution in [0.25, 0.3) is 0 Å². The monoisotopic (exact) mass is 534 g/mol. The molecule has 3 fully saturated rings. The van der Waals surface area contributed by atoms with Crippen LogP contribution in [0.2, 0.25) is 0 Å². The zero-order chi connectivity index (χ0) is 24.6. The van der Waals surface area contributed by atoms with Crippen molar-refractivity contribution in [1.82, 2.24) is 20.9 Å². The summed E-state index contributed by atoms with van der Waals surface area (Å²) in [6.45, 7) is 1.79. The van der Waals surface area contributed by atoms with Crippen LogP contribution in [0.15, 0.2) is 24.3 Å². The Morgan fingerprint density at radius 1 is 1.08 bits per heavy atom. The first-order valence-corrected chi connectivity index (χ1v) is 14.3. The van der Waals surface area contributed by atoms with E-state index in [1.807, 2.05) is 11.0 Å². The largest absolute Gasteiger partial charge is 0.347 e. The standard InChI is InChI=1S/C27H38N4O3S.ClH/c1-17(28-2)24(32)30-21-12-15-35-22-16-27(13-5-6-14-27)23(31(22)26(21)34)25(33)29-20-11-7-9-18-8-3-4-10-19(18)20;/h3-4,8,10,17,20-23,28H,5-7,9,11-16H2,1-2H3,(H,29,33)(H,30,32);1H/t17-,20+,21-,22-,23+;/m0./s1.